The number of fused-ring (bicyclic) bond motifs is 2. The van der Waals surface area contributed by atoms with Gasteiger partial charge in [-0.25, -0.2) is 0 Å². The number of phenolic OH excluding ortho intramolecular Hbond substituents is 1. The Bertz CT molecular complexity index is 1070. The van der Waals surface area contributed by atoms with Crippen molar-refractivity contribution in [1.82, 2.24) is 4.90 Å². The molecule has 0 aromatic heterocycles. The predicted molar refractivity (Wildman–Crippen MR) is 142 cm³/mol. The lowest BCUT2D eigenvalue weighted by molar-refractivity contribution is -0.119. The van der Waals surface area contributed by atoms with Gasteiger partial charge in [-0.15, -0.1) is 0 Å². The summed E-state index contributed by atoms with van der Waals surface area (Å²) in [6.07, 6.45) is 7.48. The average Bonchev–Trinajstić information content (AvgIpc) is 3.52. The topological polar surface area (TPSA) is 76.1 Å². The highest BCUT2D eigenvalue weighted by molar-refractivity contribution is 5.96. The van der Waals surface area contributed by atoms with Gasteiger partial charge in [0, 0.05) is 44.5 Å². The van der Waals surface area contributed by atoms with Crippen LogP contribution in [0.25, 0.3) is 0 Å². The zero-order valence-corrected chi connectivity index (χ0v) is 21.7. The number of piperidine rings is 1. The first kappa shape index (κ1) is 25.8. The molecule has 198 valence electrons. The second kappa shape index (κ2) is 12.1. The minimum atomic E-state index is 0.0906. The van der Waals surface area contributed by atoms with Gasteiger partial charge in [0.1, 0.15) is 24.7 Å². The van der Waals surface area contributed by atoms with Gasteiger partial charge in [-0.2, -0.15) is 0 Å². The quantitative estimate of drug-likeness (QED) is 0.272. The first-order chi connectivity index (χ1) is 18.0. The number of unbranched alkanes of at least 4 members (excludes halogenated alkanes) is 2. The maximum atomic E-state index is 12.7. The first-order valence-electron chi connectivity index (χ1n) is 14.0. The van der Waals surface area contributed by atoms with Crippen LogP contribution in [0.5, 0.6) is 17.2 Å². The molecule has 2 aromatic carbocycles. The number of Topliss-reactive ketones (excluding diaryl/α,β-unsaturated/α-hetero) is 2. The van der Waals surface area contributed by atoms with E-state index in [9.17, 15) is 14.7 Å². The summed E-state index contributed by atoms with van der Waals surface area (Å²) < 4.78 is 11.5. The van der Waals surface area contributed by atoms with E-state index >= 15 is 0 Å². The van der Waals surface area contributed by atoms with E-state index in [4.69, 9.17) is 9.47 Å². The minimum Gasteiger partial charge on any atom is -0.508 e. The number of nitrogens with zero attached hydrogens (tertiary/aromatic N) is 1. The highest BCUT2D eigenvalue weighted by Gasteiger charge is 2.45. The molecule has 2 heterocycles. The van der Waals surface area contributed by atoms with Gasteiger partial charge >= 0.3 is 0 Å². The highest BCUT2D eigenvalue weighted by atomic mass is 16.6. The summed E-state index contributed by atoms with van der Waals surface area (Å²) in [5.74, 6) is 4.53. The molecule has 2 aromatic rings. The molecule has 2 aliphatic heterocycles. The van der Waals surface area contributed by atoms with Crippen molar-refractivity contribution in [3.05, 3.63) is 53.6 Å². The van der Waals surface area contributed by atoms with Crippen molar-refractivity contribution in [3.63, 3.8) is 0 Å². The van der Waals surface area contributed by atoms with E-state index in [0.717, 1.165) is 62.0 Å². The van der Waals surface area contributed by atoms with E-state index in [1.807, 2.05) is 6.07 Å². The molecule has 37 heavy (non-hydrogen) atoms. The van der Waals surface area contributed by atoms with Crippen LogP contribution in [0.4, 0.5) is 0 Å². The fourth-order valence-corrected chi connectivity index (χ4v) is 5.88. The van der Waals surface area contributed by atoms with Crippen LogP contribution in [-0.4, -0.2) is 54.4 Å². The molecule has 6 nitrogen and oxygen atoms in total. The predicted octanol–water partition coefficient (Wildman–Crippen LogP) is 5.46. The smallest absolute Gasteiger partial charge is 0.162 e. The van der Waals surface area contributed by atoms with Gasteiger partial charge in [-0.3, -0.25) is 9.59 Å². The van der Waals surface area contributed by atoms with E-state index in [0.29, 0.717) is 49.7 Å². The molecule has 1 saturated carbocycles. The maximum absolute atomic E-state index is 12.7. The molecule has 2 fully saturated rings. The number of carbonyl (C=O) groups excluding carboxylic acids is 2. The zero-order chi connectivity index (χ0) is 25.6. The van der Waals surface area contributed by atoms with Crippen LogP contribution in [0.2, 0.25) is 0 Å². The Labute approximate surface area is 220 Å². The van der Waals surface area contributed by atoms with E-state index in [1.54, 1.807) is 24.3 Å². The number of benzene rings is 2. The standard InChI is InChI=1S/C31H39NO5/c33-27(4-2-1-3-5-29(35)24-8-11-28(34)12-9-24)10-6-23(19-32-20-25-18-26(25)21-32)16-22-7-13-30-31(17-22)37-15-14-36-30/h7-9,11-13,17,23,25-26,34H,1-6,10,14-16,18-21H2. The van der Waals surface area contributed by atoms with Gasteiger partial charge in [0.05, 0.1) is 0 Å². The number of ether oxygens (including phenoxy) is 2. The van der Waals surface area contributed by atoms with Crippen molar-refractivity contribution < 1.29 is 24.2 Å². The molecule has 5 rings (SSSR count). The van der Waals surface area contributed by atoms with Crippen molar-refractivity contribution in [2.75, 3.05) is 32.8 Å². The number of rotatable bonds is 14. The van der Waals surface area contributed by atoms with Crippen LogP contribution in [0.1, 0.15) is 67.3 Å². The van der Waals surface area contributed by atoms with E-state index in [2.05, 4.69) is 17.0 Å². The zero-order valence-electron chi connectivity index (χ0n) is 21.7. The highest BCUT2D eigenvalue weighted by Crippen LogP contribution is 2.45. The average molecular weight is 506 g/mol. The second-order valence-corrected chi connectivity index (χ2v) is 11.1. The molecular formula is C31H39NO5. The van der Waals surface area contributed by atoms with Gasteiger partial charge in [0.15, 0.2) is 17.3 Å². The largest absolute Gasteiger partial charge is 0.508 e. The van der Waals surface area contributed by atoms with Crippen LogP contribution in [0.15, 0.2) is 42.5 Å². The van der Waals surface area contributed by atoms with Crippen molar-refractivity contribution in [2.45, 2.75) is 57.8 Å². The molecule has 1 aliphatic carbocycles. The SMILES string of the molecule is O=C(CCCCCC(=O)c1ccc(O)cc1)CCC(Cc1ccc2c(c1)OCCO2)CN1CC2CC2C1. The Hall–Kier alpha value is -2.86. The molecule has 0 bridgehead atoms. The lowest BCUT2D eigenvalue weighted by Gasteiger charge is -2.25. The molecule has 1 N–H and O–H groups in total. The van der Waals surface area contributed by atoms with Gasteiger partial charge < -0.3 is 19.5 Å². The number of phenols is 1. The molecule has 1 saturated heterocycles. The molecule has 3 aliphatic rings. The van der Waals surface area contributed by atoms with Crippen LogP contribution in [0.3, 0.4) is 0 Å². The molecule has 3 atom stereocenters. The third-order valence-electron chi connectivity index (χ3n) is 8.08. The third kappa shape index (κ3) is 7.35. The molecule has 3 unspecified atom stereocenters. The van der Waals surface area contributed by atoms with Crippen LogP contribution >= 0.6 is 0 Å². The first-order valence-corrected chi connectivity index (χ1v) is 14.0. The van der Waals surface area contributed by atoms with Gasteiger partial charge in [-0.05, 0) is 91.8 Å². The fraction of sp³-hybridized carbons (Fsp3) is 0.548. The van der Waals surface area contributed by atoms with Crippen molar-refractivity contribution in [2.24, 2.45) is 17.8 Å². The van der Waals surface area contributed by atoms with Crippen LogP contribution in [-0.2, 0) is 11.2 Å². The number of aromatic hydroxyl groups is 1. The Morgan fingerprint density at radius 2 is 1.62 bits per heavy atom. The summed E-state index contributed by atoms with van der Waals surface area (Å²) in [4.78, 5) is 27.6. The van der Waals surface area contributed by atoms with E-state index in [1.165, 1.54) is 25.1 Å². The Kier molecular flexibility index (Phi) is 8.45. The molecule has 0 amide bonds. The number of likely N-dealkylation sites (tertiary alicyclic amines) is 1. The van der Waals surface area contributed by atoms with Crippen molar-refractivity contribution in [3.8, 4) is 17.2 Å². The number of hydrogen-bond acceptors (Lipinski definition) is 6. The molecule has 0 radical (unpaired) electrons. The van der Waals surface area contributed by atoms with Gasteiger partial charge in [0.25, 0.3) is 0 Å². The maximum Gasteiger partial charge on any atom is 0.162 e. The van der Waals surface area contributed by atoms with E-state index < -0.39 is 0 Å². The summed E-state index contributed by atoms with van der Waals surface area (Å²) in [5, 5.41) is 9.36. The van der Waals surface area contributed by atoms with Crippen LogP contribution < -0.4 is 9.47 Å². The van der Waals surface area contributed by atoms with Crippen molar-refractivity contribution >= 4 is 11.6 Å². The Morgan fingerprint density at radius 1 is 0.892 bits per heavy atom. The summed E-state index contributed by atoms with van der Waals surface area (Å²) in [7, 11) is 0. The van der Waals surface area contributed by atoms with Gasteiger partial charge in [0.2, 0.25) is 0 Å². The minimum absolute atomic E-state index is 0.0906. The van der Waals surface area contributed by atoms with Gasteiger partial charge in [-0.1, -0.05) is 12.5 Å². The lowest BCUT2D eigenvalue weighted by Crippen LogP contribution is -2.30. The molecular weight excluding hydrogens is 466 g/mol. The van der Waals surface area contributed by atoms with Crippen LogP contribution in [0, 0.1) is 17.8 Å². The van der Waals surface area contributed by atoms with E-state index in [-0.39, 0.29) is 11.5 Å². The summed E-state index contributed by atoms with van der Waals surface area (Å²) in [5.41, 5.74) is 1.89. The van der Waals surface area contributed by atoms with Crippen molar-refractivity contribution in [1.29, 1.82) is 0 Å². The molecule has 6 heteroatoms. The number of carbonyl (C=O) groups is 2. The normalized spacial score (nSPS) is 20.9. The number of ketones is 2. The second-order valence-electron chi connectivity index (χ2n) is 11.1. The summed E-state index contributed by atoms with van der Waals surface area (Å²) >= 11 is 0. The summed E-state index contributed by atoms with van der Waals surface area (Å²) in [6, 6.07) is 12.7. The monoisotopic (exact) mass is 505 g/mol. The molecule has 0 spiro atoms. The number of hydrogen-bond donors (Lipinski definition) is 1. The lowest BCUT2D eigenvalue weighted by atomic mass is 9.92. The Morgan fingerprint density at radius 3 is 2.41 bits per heavy atom. The fourth-order valence-electron chi connectivity index (χ4n) is 5.88. The Balaban J connectivity index is 1.05. The summed E-state index contributed by atoms with van der Waals surface area (Å²) in [6.45, 7) is 4.70. The third-order valence-corrected chi connectivity index (χ3v) is 8.08.